The first-order valence-electron chi connectivity index (χ1n) is 2.32. The molecule has 0 saturated carbocycles. The number of rotatable bonds is 0. The van der Waals surface area contributed by atoms with Crippen molar-refractivity contribution in [3.8, 4) is 0 Å². The van der Waals surface area contributed by atoms with E-state index < -0.39 is 0 Å². The average Bonchev–Trinajstić information content (AvgIpc) is 1.27. The monoisotopic (exact) mass is 255 g/mol. The summed E-state index contributed by atoms with van der Waals surface area (Å²) in [7, 11) is 0. The van der Waals surface area contributed by atoms with Crippen molar-refractivity contribution in [3.63, 3.8) is 0 Å². The summed E-state index contributed by atoms with van der Waals surface area (Å²) in [6, 6.07) is 0. The minimum absolute atomic E-state index is 0. The molecule has 0 amide bonds. The zero-order valence-corrected chi connectivity index (χ0v) is 10.1. The van der Waals surface area contributed by atoms with Crippen molar-refractivity contribution in [2.24, 2.45) is 5.73 Å². The molecular weight excluding hydrogens is 246 g/mol. The summed E-state index contributed by atoms with van der Waals surface area (Å²) in [6.45, 7) is 5.90. The molecule has 0 aromatic rings. The van der Waals surface area contributed by atoms with Crippen molar-refractivity contribution in [3.05, 3.63) is 0 Å². The fourth-order valence-corrected chi connectivity index (χ4v) is 0. The minimum atomic E-state index is 0. The molecule has 0 aliphatic carbocycles. The maximum Gasteiger partial charge on any atom is 0.560 e. The molecule has 2 N–H and O–H groups in total. The van der Waals surface area contributed by atoms with Gasteiger partial charge in [0.15, 0.2) is 0 Å². The molecule has 0 rings (SSSR count). The van der Waals surface area contributed by atoms with Crippen LogP contribution in [0.2, 0.25) is 0 Å². The number of nitrogens with two attached hydrogens (primary N) is 1. The van der Waals surface area contributed by atoms with E-state index >= 15 is 0 Å². The maximum absolute atomic E-state index is 5.35. The highest BCUT2D eigenvalue weighted by Crippen LogP contribution is 1.88. The van der Waals surface area contributed by atoms with Gasteiger partial charge in [-0.2, -0.15) is 0 Å². The van der Waals surface area contributed by atoms with Gasteiger partial charge in [-0.05, 0) is 20.8 Å². The van der Waals surface area contributed by atoms with E-state index in [1.165, 1.54) is 0 Å². The summed E-state index contributed by atoms with van der Waals surface area (Å²) in [5.41, 5.74) is 5.35. The number of halogens is 2. The van der Waals surface area contributed by atoms with E-state index in [1.54, 1.807) is 0 Å². The molecule has 0 bridgehead atoms. The van der Waals surface area contributed by atoms with Crippen LogP contribution in [0.15, 0.2) is 0 Å². The molecule has 8 heavy (non-hydrogen) atoms. The minimum Gasteiger partial charge on any atom is -0.326 e. The first kappa shape index (κ1) is 12.4. The van der Waals surface area contributed by atoms with Crippen LogP contribution in [-0.4, -0.2) is 21.6 Å². The molecule has 0 fully saturated rings. The molecule has 0 aromatic heterocycles. The van der Waals surface area contributed by atoms with Gasteiger partial charge < -0.3 is 5.73 Å². The summed E-state index contributed by atoms with van der Waals surface area (Å²) in [5, 5.41) is 0. The summed E-state index contributed by atoms with van der Waals surface area (Å²) in [6.07, 6.45) is 0. The summed E-state index contributed by atoms with van der Waals surface area (Å²) >= 11 is 6.44. The van der Waals surface area contributed by atoms with E-state index in [0.29, 0.717) is 0 Å². The molecule has 0 spiro atoms. The first-order chi connectivity index (χ1) is 3.41. The Labute approximate surface area is 73.2 Å². The summed E-state index contributed by atoms with van der Waals surface area (Å²) in [4.78, 5) is 0. The Morgan fingerprint density at radius 3 is 1.25 bits per heavy atom. The number of hydrogen-bond acceptors (Lipinski definition) is 1. The third-order valence-electron chi connectivity index (χ3n) is 0. The second-order valence-corrected chi connectivity index (χ2v) is 10.5. The van der Waals surface area contributed by atoms with Crippen LogP contribution in [-0.2, 0) is 0 Å². The molecule has 0 radical (unpaired) electrons. The van der Waals surface area contributed by atoms with Crippen LogP contribution in [0.3, 0.4) is 0 Å². The third kappa shape index (κ3) is 121. The molecule has 0 heterocycles. The Balaban J connectivity index is 0. The van der Waals surface area contributed by atoms with Gasteiger partial charge in [-0.25, -0.2) is 0 Å². The van der Waals surface area contributed by atoms with Gasteiger partial charge in [-0.3, -0.25) is 25.8 Å². The lowest BCUT2D eigenvalue weighted by Gasteiger charge is -2.06. The van der Waals surface area contributed by atoms with E-state index in [9.17, 15) is 0 Å². The smallest absolute Gasteiger partial charge is 0.326 e. The highest BCUT2D eigenvalue weighted by Gasteiger charge is 1.95. The van der Waals surface area contributed by atoms with Gasteiger partial charge in [0.2, 0.25) is 0 Å². The fraction of sp³-hybridized carbons (Fsp3) is 1.00. The summed E-state index contributed by atoms with van der Waals surface area (Å²) < 4.78 is 0. The van der Waals surface area contributed by atoms with Gasteiger partial charge in [-0.1, -0.05) is 0 Å². The highest BCUT2D eigenvalue weighted by molar-refractivity contribution is 9.47. The van der Waals surface area contributed by atoms with E-state index in [2.05, 4.69) is 25.8 Å². The second kappa shape index (κ2) is 6.80. The lowest BCUT2D eigenvalue weighted by Crippen LogP contribution is -2.26. The molecule has 0 aromatic carbocycles. The molecule has 1 nitrogen and oxygen atoms in total. The Morgan fingerprint density at radius 2 is 1.25 bits per heavy atom. The largest absolute Gasteiger partial charge is 0.560 e. The van der Waals surface area contributed by atoms with Crippen LogP contribution in [0.5, 0.6) is 0 Å². The van der Waals surface area contributed by atoms with Gasteiger partial charge >= 0.3 is 16.0 Å². The highest BCUT2D eigenvalue weighted by atomic mass is 79.9. The van der Waals surface area contributed by atoms with Crippen LogP contribution in [0.4, 0.5) is 0 Å². The standard InChI is InChI=1S/C4H11N.2BrH.Mg/c1-4(2,3)5;;;/h5H2,1-3H3;2*1H;/q;;;+2/p-2. The van der Waals surface area contributed by atoms with Crippen LogP contribution in [0.25, 0.3) is 0 Å². The van der Waals surface area contributed by atoms with Crippen molar-refractivity contribution in [2.45, 2.75) is 26.3 Å². The zero-order chi connectivity index (χ0) is 7.21. The van der Waals surface area contributed by atoms with Crippen molar-refractivity contribution < 1.29 is 0 Å². The molecule has 4 heteroatoms. The average molecular weight is 257 g/mol. The second-order valence-electron chi connectivity index (χ2n) is 2.47. The van der Waals surface area contributed by atoms with Gasteiger partial charge in [0.25, 0.3) is 0 Å². The van der Waals surface area contributed by atoms with E-state index in [1.807, 2.05) is 20.8 Å². The lowest BCUT2D eigenvalue weighted by atomic mass is 10.1. The van der Waals surface area contributed by atoms with E-state index in [4.69, 9.17) is 5.73 Å². The van der Waals surface area contributed by atoms with Gasteiger partial charge in [0.05, 0.1) is 0 Å². The van der Waals surface area contributed by atoms with E-state index in [0.717, 1.165) is 0 Å². The third-order valence-corrected chi connectivity index (χ3v) is 0. The van der Waals surface area contributed by atoms with Gasteiger partial charge in [0, 0.05) is 5.54 Å². The fourth-order valence-electron chi connectivity index (χ4n) is 0. The Kier molecular flexibility index (Phi) is 10.5. The Morgan fingerprint density at radius 1 is 1.25 bits per heavy atom. The predicted octanol–water partition coefficient (Wildman–Crippen LogP) is 2.05. The molecule has 0 atom stereocenters. The topological polar surface area (TPSA) is 26.0 Å². The first-order valence-corrected chi connectivity index (χ1v) is 10.1. The van der Waals surface area contributed by atoms with Crippen LogP contribution in [0.1, 0.15) is 20.8 Å². The maximum atomic E-state index is 5.35. The van der Waals surface area contributed by atoms with Gasteiger partial charge in [-0.15, -0.1) is 0 Å². The van der Waals surface area contributed by atoms with Crippen molar-refractivity contribution in [2.75, 3.05) is 0 Å². The molecule has 0 unspecified atom stereocenters. The zero-order valence-electron chi connectivity index (χ0n) is 5.54. The van der Waals surface area contributed by atoms with Crippen LogP contribution >= 0.6 is 25.8 Å². The predicted molar refractivity (Wildman–Crippen MR) is 47.5 cm³/mol. The molecule has 0 saturated heterocycles. The lowest BCUT2D eigenvalue weighted by molar-refractivity contribution is 0.580. The Hall–Kier alpha value is 1.69. The summed E-state index contributed by atoms with van der Waals surface area (Å²) in [5.74, 6) is 0. The van der Waals surface area contributed by atoms with Crippen LogP contribution < -0.4 is 5.73 Å². The molecule has 0 aliphatic heterocycles. The van der Waals surface area contributed by atoms with Crippen molar-refractivity contribution in [1.82, 2.24) is 0 Å². The molecule has 0 aliphatic rings. The SMILES string of the molecule is CC(C)(C)N.[Br][Mg][Br]. The van der Waals surface area contributed by atoms with Crippen molar-refractivity contribution >= 4 is 41.8 Å². The van der Waals surface area contributed by atoms with E-state index in [-0.39, 0.29) is 21.6 Å². The van der Waals surface area contributed by atoms with Crippen LogP contribution in [0, 0.1) is 0 Å². The molecular formula is C4H11Br2MgN. The number of hydrogen-bond donors (Lipinski definition) is 1. The normalized spacial score (nSPS) is 8.75. The van der Waals surface area contributed by atoms with Gasteiger partial charge in [0.1, 0.15) is 0 Å². The quantitative estimate of drug-likeness (QED) is 0.660. The Bertz CT molecular complexity index is 37.8. The van der Waals surface area contributed by atoms with Crippen molar-refractivity contribution in [1.29, 1.82) is 0 Å². The molecule has 48 valence electrons.